The molecule has 3 aromatic rings. The molecule has 0 aliphatic carbocycles. The SMILES string of the molecule is O=C1c2ccccc2C(=O)N1CCCSCc1coc(-c2ccccc2)n1. The van der Waals surface area contributed by atoms with Gasteiger partial charge >= 0.3 is 0 Å². The predicted octanol–water partition coefficient (Wildman–Crippen LogP) is 4.26. The largest absolute Gasteiger partial charge is 0.444 e. The van der Waals surface area contributed by atoms with Crippen LogP contribution in [0, 0.1) is 0 Å². The molecule has 0 atom stereocenters. The fraction of sp³-hybridized carbons (Fsp3) is 0.190. The van der Waals surface area contributed by atoms with E-state index in [-0.39, 0.29) is 11.8 Å². The van der Waals surface area contributed by atoms with Crippen LogP contribution in [0.25, 0.3) is 11.5 Å². The molecule has 0 spiro atoms. The highest BCUT2D eigenvalue weighted by Gasteiger charge is 2.34. The minimum atomic E-state index is -0.190. The smallest absolute Gasteiger partial charge is 0.261 e. The summed E-state index contributed by atoms with van der Waals surface area (Å²) in [6.07, 6.45) is 2.43. The monoisotopic (exact) mass is 378 g/mol. The van der Waals surface area contributed by atoms with E-state index in [1.165, 1.54) is 4.90 Å². The maximum absolute atomic E-state index is 12.3. The Morgan fingerprint density at radius 1 is 0.926 bits per heavy atom. The topological polar surface area (TPSA) is 63.4 Å². The molecule has 1 aliphatic heterocycles. The molecule has 2 aromatic carbocycles. The van der Waals surface area contributed by atoms with Crippen molar-refractivity contribution in [2.24, 2.45) is 0 Å². The van der Waals surface area contributed by atoms with E-state index >= 15 is 0 Å². The third-order valence-electron chi connectivity index (χ3n) is 4.37. The molecule has 0 saturated carbocycles. The van der Waals surface area contributed by atoms with Gasteiger partial charge in [0.2, 0.25) is 5.89 Å². The minimum Gasteiger partial charge on any atom is -0.444 e. The second kappa shape index (κ2) is 7.80. The first-order valence-corrected chi connectivity index (χ1v) is 9.92. The minimum absolute atomic E-state index is 0.190. The summed E-state index contributed by atoms with van der Waals surface area (Å²) < 4.78 is 5.53. The molecule has 0 bridgehead atoms. The predicted molar refractivity (Wildman–Crippen MR) is 105 cm³/mol. The van der Waals surface area contributed by atoms with E-state index < -0.39 is 0 Å². The number of hydrogen-bond acceptors (Lipinski definition) is 5. The third kappa shape index (κ3) is 3.66. The van der Waals surface area contributed by atoms with Crippen molar-refractivity contribution in [2.75, 3.05) is 12.3 Å². The van der Waals surface area contributed by atoms with Crippen molar-refractivity contribution in [3.63, 3.8) is 0 Å². The zero-order valence-corrected chi connectivity index (χ0v) is 15.4. The van der Waals surface area contributed by atoms with Gasteiger partial charge in [0, 0.05) is 17.9 Å². The summed E-state index contributed by atoms with van der Waals surface area (Å²) in [6.45, 7) is 0.438. The van der Waals surface area contributed by atoms with Gasteiger partial charge in [-0.2, -0.15) is 11.8 Å². The zero-order chi connectivity index (χ0) is 18.6. The van der Waals surface area contributed by atoms with E-state index in [0.717, 1.165) is 29.2 Å². The van der Waals surface area contributed by atoms with Crippen molar-refractivity contribution in [3.8, 4) is 11.5 Å². The lowest BCUT2D eigenvalue weighted by atomic mass is 10.1. The Morgan fingerprint density at radius 2 is 1.59 bits per heavy atom. The molecule has 4 rings (SSSR count). The van der Waals surface area contributed by atoms with E-state index in [1.807, 2.05) is 30.3 Å². The summed E-state index contributed by atoms with van der Waals surface area (Å²) >= 11 is 1.71. The van der Waals surface area contributed by atoms with E-state index in [9.17, 15) is 9.59 Å². The molecule has 1 aromatic heterocycles. The molecule has 1 aliphatic rings. The van der Waals surface area contributed by atoms with E-state index in [4.69, 9.17) is 4.42 Å². The highest BCUT2D eigenvalue weighted by atomic mass is 32.2. The molecule has 0 unspecified atom stereocenters. The van der Waals surface area contributed by atoms with Crippen molar-refractivity contribution < 1.29 is 14.0 Å². The van der Waals surface area contributed by atoms with Crippen LogP contribution in [0.15, 0.2) is 65.3 Å². The van der Waals surface area contributed by atoms with Crippen LogP contribution in [0.2, 0.25) is 0 Å². The van der Waals surface area contributed by atoms with Gasteiger partial charge in [-0.05, 0) is 36.4 Å². The Bertz CT molecular complexity index is 933. The molecule has 0 radical (unpaired) electrons. The summed E-state index contributed by atoms with van der Waals surface area (Å²) in [7, 11) is 0. The maximum atomic E-state index is 12.3. The summed E-state index contributed by atoms with van der Waals surface area (Å²) in [4.78, 5) is 30.5. The van der Waals surface area contributed by atoms with Crippen molar-refractivity contribution in [2.45, 2.75) is 12.2 Å². The number of nitrogens with zero attached hydrogens (tertiary/aromatic N) is 2. The van der Waals surface area contributed by atoms with Crippen molar-refractivity contribution >= 4 is 23.6 Å². The molecule has 5 nitrogen and oxygen atoms in total. The van der Waals surface area contributed by atoms with Gasteiger partial charge in [-0.1, -0.05) is 30.3 Å². The van der Waals surface area contributed by atoms with Crippen LogP contribution in [-0.2, 0) is 5.75 Å². The van der Waals surface area contributed by atoms with Gasteiger partial charge in [0.1, 0.15) is 6.26 Å². The number of benzene rings is 2. The lowest BCUT2D eigenvalue weighted by Gasteiger charge is -2.13. The van der Waals surface area contributed by atoms with Gasteiger partial charge in [0.05, 0.1) is 16.8 Å². The Kier molecular flexibility index (Phi) is 5.07. The Balaban J connectivity index is 1.24. The fourth-order valence-corrected chi connectivity index (χ4v) is 3.85. The van der Waals surface area contributed by atoms with E-state index in [1.54, 1.807) is 42.3 Å². The van der Waals surface area contributed by atoms with Crippen LogP contribution >= 0.6 is 11.8 Å². The number of fused-ring (bicyclic) bond motifs is 1. The van der Waals surface area contributed by atoms with Gasteiger partial charge in [-0.15, -0.1) is 0 Å². The first-order chi connectivity index (χ1) is 13.2. The standard InChI is InChI=1S/C21H18N2O3S/c24-20-17-9-4-5-10-18(17)21(25)23(20)11-6-12-27-14-16-13-26-19(22-16)15-7-2-1-3-8-15/h1-5,7-10,13H,6,11-12,14H2. The molecule has 0 fully saturated rings. The molecule has 27 heavy (non-hydrogen) atoms. The van der Waals surface area contributed by atoms with Crippen LogP contribution in [-0.4, -0.2) is 34.0 Å². The third-order valence-corrected chi connectivity index (χ3v) is 5.45. The van der Waals surface area contributed by atoms with Crippen molar-refractivity contribution in [3.05, 3.63) is 77.7 Å². The van der Waals surface area contributed by atoms with Crippen LogP contribution < -0.4 is 0 Å². The van der Waals surface area contributed by atoms with E-state index in [2.05, 4.69) is 4.98 Å². The summed E-state index contributed by atoms with van der Waals surface area (Å²) in [5.74, 6) is 1.81. The molecule has 0 saturated heterocycles. The number of carbonyl (C=O) groups is 2. The van der Waals surface area contributed by atoms with Crippen molar-refractivity contribution in [1.82, 2.24) is 9.88 Å². The Morgan fingerprint density at radius 3 is 2.30 bits per heavy atom. The first kappa shape index (κ1) is 17.5. The summed E-state index contributed by atoms with van der Waals surface area (Å²) in [5.41, 5.74) is 2.86. The molecular weight excluding hydrogens is 360 g/mol. The normalized spacial score (nSPS) is 13.3. The number of thioether (sulfide) groups is 1. The Labute approximate surface area is 161 Å². The zero-order valence-electron chi connectivity index (χ0n) is 14.6. The second-order valence-electron chi connectivity index (χ2n) is 6.22. The number of amides is 2. The number of aromatic nitrogens is 1. The lowest BCUT2D eigenvalue weighted by molar-refractivity contribution is 0.0655. The number of rotatable bonds is 7. The van der Waals surface area contributed by atoms with Crippen LogP contribution in [0.5, 0.6) is 0 Å². The second-order valence-corrected chi connectivity index (χ2v) is 7.33. The van der Waals surface area contributed by atoms with E-state index in [0.29, 0.717) is 23.6 Å². The van der Waals surface area contributed by atoms with Gasteiger partial charge in [0.25, 0.3) is 11.8 Å². The van der Waals surface area contributed by atoms with Gasteiger partial charge in [-0.3, -0.25) is 14.5 Å². The summed E-state index contributed by atoms with van der Waals surface area (Å²) in [6, 6.07) is 16.8. The fourth-order valence-electron chi connectivity index (χ4n) is 3.03. The summed E-state index contributed by atoms with van der Waals surface area (Å²) in [5, 5.41) is 0. The number of carbonyl (C=O) groups excluding carboxylic acids is 2. The molecular formula is C21H18N2O3S. The lowest BCUT2D eigenvalue weighted by Crippen LogP contribution is -2.31. The highest BCUT2D eigenvalue weighted by Crippen LogP contribution is 2.24. The van der Waals surface area contributed by atoms with Crippen LogP contribution in [0.3, 0.4) is 0 Å². The molecule has 2 heterocycles. The van der Waals surface area contributed by atoms with Crippen molar-refractivity contribution in [1.29, 1.82) is 0 Å². The van der Waals surface area contributed by atoms with Crippen LogP contribution in [0.1, 0.15) is 32.8 Å². The van der Waals surface area contributed by atoms with Gasteiger partial charge in [0.15, 0.2) is 0 Å². The average Bonchev–Trinajstić information content (AvgIpc) is 3.27. The van der Waals surface area contributed by atoms with Gasteiger partial charge in [-0.25, -0.2) is 4.98 Å². The first-order valence-electron chi connectivity index (χ1n) is 8.77. The quantitative estimate of drug-likeness (QED) is 0.454. The maximum Gasteiger partial charge on any atom is 0.261 e. The number of oxazole rings is 1. The average molecular weight is 378 g/mol. The molecule has 6 heteroatoms. The molecule has 2 amide bonds. The number of imide groups is 1. The molecule has 136 valence electrons. The van der Waals surface area contributed by atoms with Crippen LogP contribution in [0.4, 0.5) is 0 Å². The Hall–Kier alpha value is -2.86. The molecule has 0 N–H and O–H groups in total. The highest BCUT2D eigenvalue weighted by molar-refractivity contribution is 7.98. The van der Waals surface area contributed by atoms with Gasteiger partial charge < -0.3 is 4.42 Å². The number of hydrogen-bond donors (Lipinski definition) is 0.